The number of aromatic nitrogens is 1. The summed E-state index contributed by atoms with van der Waals surface area (Å²) in [6.07, 6.45) is 4.06. The van der Waals surface area contributed by atoms with Crippen LogP contribution in [0.3, 0.4) is 0 Å². The molecule has 0 unspecified atom stereocenters. The summed E-state index contributed by atoms with van der Waals surface area (Å²) < 4.78 is 28.3. The number of carbonyl (C=O) groups is 2. The highest BCUT2D eigenvalue weighted by Crippen LogP contribution is 2.25. The summed E-state index contributed by atoms with van der Waals surface area (Å²) in [6, 6.07) is 17.3. The Hall–Kier alpha value is -3.56. The van der Waals surface area contributed by atoms with E-state index in [1.165, 1.54) is 22.8 Å². The molecule has 4 rings (SSSR count). The lowest BCUT2D eigenvalue weighted by atomic mass is 10.1. The maximum absolute atomic E-state index is 13.5. The van der Waals surface area contributed by atoms with E-state index >= 15 is 0 Å². The number of sulfonamides is 1. The van der Waals surface area contributed by atoms with Crippen LogP contribution >= 0.6 is 0 Å². The Balaban J connectivity index is 1.62. The Kier molecular flexibility index (Phi) is 7.04. The molecule has 8 nitrogen and oxygen atoms in total. The summed E-state index contributed by atoms with van der Waals surface area (Å²) in [4.78, 5) is 28.9. The van der Waals surface area contributed by atoms with Gasteiger partial charge < -0.3 is 10.0 Å². The molecule has 2 heterocycles. The fourth-order valence-corrected chi connectivity index (χ4v) is 5.38. The molecule has 1 aliphatic heterocycles. The van der Waals surface area contributed by atoms with Crippen molar-refractivity contribution in [1.82, 2.24) is 9.29 Å². The summed E-state index contributed by atoms with van der Waals surface area (Å²) in [5, 5.41) is 9.09. The van der Waals surface area contributed by atoms with Gasteiger partial charge in [-0.05, 0) is 47.4 Å². The number of carboxylic acid groups (broad SMARTS) is 1. The molecule has 1 fully saturated rings. The lowest BCUT2D eigenvalue weighted by Gasteiger charge is -2.23. The van der Waals surface area contributed by atoms with E-state index in [1.54, 1.807) is 35.2 Å². The molecule has 3 aromatic rings. The standard InChI is InChI=1S/C25H25N3O5S/c29-24-7-3-13-28(24)22-10-8-19(9-11-22)17-27(34(32,33)23-6-2-12-26-16-23)18-21-5-1-4-20(14-21)15-25(30)31/h1-2,4-6,8-12,14,16H,3,7,13,15,17-18H2,(H,30,31). The average molecular weight is 480 g/mol. The molecule has 0 spiro atoms. The van der Waals surface area contributed by atoms with E-state index in [-0.39, 0.29) is 30.3 Å². The largest absolute Gasteiger partial charge is 0.481 e. The van der Waals surface area contributed by atoms with Crippen LogP contribution < -0.4 is 4.90 Å². The Bertz CT molecular complexity index is 1280. The van der Waals surface area contributed by atoms with E-state index < -0.39 is 16.0 Å². The van der Waals surface area contributed by atoms with Gasteiger partial charge in [-0.15, -0.1) is 0 Å². The quantitative estimate of drug-likeness (QED) is 0.505. The van der Waals surface area contributed by atoms with Gasteiger partial charge in [0.1, 0.15) is 4.90 Å². The van der Waals surface area contributed by atoms with Gasteiger partial charge in [-0.1, -0.05) is 36.4 Å². The minimum absolute atomic E-state index is 0.0665. The second-order valence-corrected chi connectivity index (χ2v) is 10.1. The molecule has 1 saturated heterocycles. The van der Waals surface area contributed by atoms with Crippen LogP contribution in [0.15, 0.2) is 78.0 Å². The number of anilines is 1. The van der Waals surface area contributed by atoms with Gasteiger partial charge in [0.25, 0.3) is 0 Å². The number of carbonyl (C=O) groups excluding carboxylic acids is 1. The smallest absolute Gasteiger partial charge is 0.307 e. The van der Waals surface area contributed by atoms with Crippen LogP contribution in [-0.2, 0) is 39.1 Å². The molecule has 2 aromatic carbocycles. The van der Waals surface area contributed by atoms with E-state index in [1.807, 2.05) is 24.3 Å². The number of nitrogens with zero attached hydrogens (tertiary/aromatic N) is 3. The van der Waals surface area contributed by atoms with Gasteiger partial charge in [0.05, 0.1) is 6.42 Å². The third kappa shape index (κ3) is 5.49. The van der Waals surface area contributed by atoms with Crippen molar-refractivity contribution in [2.75, 3.05) is 11.4 Å². The van der Waals surface area contributed by atoms with E-state index in [0.717, 1.165) is 17.7 Å². The molecular formula is C25H25N3O5S. The highest BCUT2D eigenvalue weighted by Gasteiger charge is 2.26. The van der Waals surface area contributed by atoms with Crippen LogP contribution in [0.1, 0.15) is 29.5 Å². The highest BCUT2D eigenvalue weighted by molar-refractivity contribution is 7.89. The van der Waals surface area contributed by atoms with Gasteiger partial charge in [-0.25, -0.2) is 8.42 Å². The molecule has 0 saturated carbocycles. The third-order valence-electron chi connectivity index (χ3n) is 5.66. The van der Waals surface area contributed by atoms with Crippen molar-refractivity contribution in [3.8, 4) is 0 Å². The fourth-order valence-electron chi connectivity index (χ4n) is 4.00. The van der Waals surface area contributed by atoms with Gasteiger partial charge >= 0.3 is 5.97 Å². The van der Waals surface area contributed by atoms with Crippen molar-refractivity contribution >= 4 is 27.6 Å². The Morgan fingerprint density at radius 2 is 1.74 bits per heavy atom. The summed E-state index contributed by atoms with van der Waals surface area (Å²) >= 11 is 0. The number of carboxylic acids is 1. The van der Waals surface area contributed by atoms with Crippen LogP contribution in [-0.4, -0.2) is 41.2 Å². The number of rotatable bonds is 9. The molecule has 34 heavy (non-hydrogen) atoms. The zero-order valence-corrected chi connectivity index (χ0v) is 19.3. The molecule has 1 aliphatic rings. The monoisotopic (exact) mass is 479 g/mol. The second-order valence-electron chi connectivity index (χ2n) is 8.17. The molecule has 1 amide bonds. The first-order valence-electron chi connectivity index (χ1n) is 10.9. The van der Waals surface area contributed by atoms with Gasteiger partial charge in [-0.2, -0.15) is 4.31 Å². The van der Waals surface area contributed by atoms with E-state index in [2.05, 4.69) is 4.98 Å². The van der Waals surface area contributed by atoms with Crippen molar-refractivity contribution < 1.29 is 23.1 Å². The molecular weight excluding hydrogens is 454 g/mol. The summed E-state index contributed by atoms with van der Waals surface area (Å²) in [5.41, 5.74) is 2.85. The van der Waals surface area contributed by atoms with Crippen molar-refractivity contribution in [2.24, 2.45) is 0 Å². The number of benzene rings is 2. The van der Waals surface area contributed by atoms with Crippen LogP contribution in [0.2, 0.25) is 0 Å². The maximum atomic E-state index is 13.5. The molecule has 0 bridgehead atoms. The first-order chi connectivity index (χ1) is 16.3. The van der Waals surface area contributed by atoms with Gasteiger partial charge in [0, 0.05) is 44.1 Å². The minimum Gasteiger partial charge on any atom is -0.481 e. The maximum Gasteiger partial charge on any atom is 0.307 e. The summed E-state index contributed by atoms with van der Waals surface area (Å²) in [6.45, 7) is 0.859. The predicted molar refractivity (Wildman–Crippen MR) is 126 cm³/mol. The van der Waals surface area contributed by atoms with Gasteiger partial charge in [0.2, 0.25) is 15.9 Å². The number of hydrogen-bond acceptors (Lipinski definition) is 5. The van der Waals surface area contributed by atoms with Crippen LogP contribution in [0.25, 0.3) is 0 Å². The molecule has 0 radical (unpaired) electrons. The molecule has 0 aliphatic carbocycles. The van der Waals surface area contributed by atoms with Crippen molar-refractivity contribution in [2.45, 2.75) is 37.2 Å². The molecule has 1 N–H and O–H groups in total. The van der Waals surface area contributed by atoms with Crippen molar-refractivity contribution in [3.05, 3.63) is 89.7 Å². The first-order valence-corrected chi connectivity index (χ1v) is 12.4. The Labute approximate surface area is 198 Å². The predicted octanol–water partition coefficient (Wildman–Crippen LogP) is 3.23. The van der Waals surface area contributed by atoms with Crippen molar-refractivity contribution in [3.63, 3.8) is 0 Å². The highest BCUT2D eigenvalue weighted by atomic mass is 32.2. The van der Waals surface area contributed by atoms with Crippen molar-refractivity contribution in [1.29, 1.82) is 0 Å². The van der Waals surface area contributed by atoms with Crippen LogP contribution in [0.4, 0.5) is 5.69 Å². The third-order valence-corrected chi connectivity index (χ3v) is 7.43. The Morgan fingerprint density at radius 3 is 2.38 bits per heavy atom. The van der Waals surface area contributed by atoms with E-state index in [9.17, 15) is 18.0 Å². The van der Waals surface area contributed by atoms with E-state index in [0.29, 0.717) is 24.1 Å². The van der Waals surface area contributed by atoms with Gasteiger partial charge in [-0.3, -0.25) is 14.6 Å². The zero-order chi connectivity index (χ0) is 24.1. The lowest BCUT2D eigenvalue weighted by molar-refractivity contribution is -0.136. The fraction of sp³-hybridized carbons (Fsp3) is 0.240. The van der Waals surface area contributed by atoms with Gasteiger partial charge in [0.15, 0.2) is 0 Å². The lowest BCUT2D eigenvalue weighted by Crippen LogP contribution is -2.30. The molecule has 0 atom stereocenters. The minimum atomic E-state index is -3.88. The van der Waals surface area contributed by atoms with Crippen LogP contribution in [0.5, 0.6) is 0 Å². The number of aliphatic carboxylic acids is 1. The Morgan fingerprint density at radius 1 is 1.00 bits per heavy atom. The molecule has 9 heteroatoms. The number of pyridine rings is 1. The topological polar surface area (TPSA) is 108 Å². The zero-order valence-electron chi connectivity index (χ0n) is 18.5. The molecule has 1 aromatic heterocycles. The SMILES string of the molecule is O=C(O)Cc1cccc(CN(Cc2ccc(N3CCCC3=O)cc2)S(=O)(=O)c2cccnc2)c1. The average Bonchev–Trinajstić information content (AvgIpc) is 3.25. The number of hydrogen-bond donors (Lipinski definition) is 1. The molecule has 176 valence electrons. The van der Waals surface area contributed by atoms with E-state index in [4.69, 9.17) is 5.11 Å². The first kappa shape index (κ1) is 23.6. The summed E-state index contributed by atoms with van der Waals surface area (Å²) in [7, 11) is -3.88. The normalized spacial score (nSPS) is 14.0. The number of amides is 1. The summed E-state index contributed by atoms with van der Waals surface area (Å²) in [5.74, 6) is -0.858. The van der Waals surface area contributed by atoms with Crippen LogP contribution in [0, 0.1) is 0 Å². The second kappa shape index (κ2) is 10.1.